The maximum atomic E-state index is 13.2. The van der Waals surface area contributed by atoms with Crippen molar-refractivity contribution in [3.05, 3.63) is 11.1 Å². The number of rotatable bonds is 2. The van der Waals surface area contributed by atoms with Gasteiger partial charge in [0.25, 0.3) is 0 Å². The average molecular weight is 430 g/mol. The summed E-state index contributed by atoms with van der Waals surface area (Å²) < 4.78 is 0. The van der Waals surface area contributed by atoms with Gasteiger partial charge in [-0.05, 0) is 99.3 Å². The fourth-order valence-electron chi connectivity index (χ4n) is 8.93. The number of allylic oxidation sites excluding steroid dienone is 2. The van der Waals surface area contributed by atoms with Crippen LogP contribution in [0.2, 0.25) is 0 Å². The molecule has 0 bridgehead atoms. The summed E-state index contributed by atoms with van der Waals surface area (Å²) in [4.78, 5) is 13.2. The zero-order chi connectivity index (χ0) is 22.1. The van der Waals surface area contributed by atoms with Gasteiger partial charge in [-0.2, -0.15) is 0 Å². The standard InChI is InChI=1S/C27H43NO3/c1-14-9-25(31)26(28-13-14)16(3)18-5-6-19-20(15(18)2)11-22-21(19)12-24(30)23-10-17(29)7-8-27(22,23)4/h14,16-19,21-23,25-26,28-29,31H,5-13H2,1-4H3/t14-,16-,17-,18+,19+,21-,22-,23+,25-,26-,27+/m0/s1. The van der Waals surface area contributed by atoms with Crippen LogP contribution in [0.1, 0.15) is 79.1 Å². The normalized spacial score (nSPS) is 51.2. The van der Waals surface area contributed by atoms with E-state index in [1.807, 2.05) is 0 Å². The van der Waals surface area contributed by atoms with Crippen molar-refractivity contribution in [1.82, 2.24) is 5.32 Å². The summed E-state index contributed by atoms with van der Waals surface area (Å²) in [5.41, 5.74) is 3.31. The highest BCUT2D eigenvalue weighted by atomic mass is 16.3. The van der Waals surface area contributed by atoms with Crippen molar-refractivity contribution in [3.63, 3.8) is 0 Å². The maximum absolute atomic E-state index is 13.2. The summed E-state index contributed by atoms with van der Waals surface area (Å²) in [7, 11) is 0. The summed E-state index contributed by atoms with van der Waals surface area (Å²) in [6.07, 6.45) is 7.22. The molecule has 174 valence electrons. The van der Waals surface area contributed by atoms with Crippen LogP contribution in [0.3, 0.4) is 0 Å². The quantitative estimate of drug-likeness (QED) is 0.578. The van der Waals surface area contributed by atoms with Gasteiger partial charge in [0.1, 0.15) is 5.78 Å². The Morgan fingerprint density at radius 1 is 1.13 bits per heavy atom. The van der Waals surface area contributed by atoms with Crippen molar-refractivity contribution in [1.29, 1.82) is 0 Å². The number of piperidine rings is 1. The van der Waals surface area contributed by atoms with Crippen LogP contribution in [-0.4, -0.2) is 40.8 Å². The second-order valence-electron chi connectivity index (χ2n) is 12.3. The second-order valence-corrected chi connectivity index (χ2v) is 12.3. The van der Waals surface area contributed by atoms with Crippen LogP contribution in [0.15, 0.2) is 11.1 Å². The number of hydrogen-bond acceptors (Lipinski definition) is 4. The van der Waals surface area contributed by atoms with Gasteiger partial charge in [-0.1, -0.05) is 31.9 Å². The summed E-state index contributed by atoms with van der Waals surface area (Å²) in [5.74, 6) is 3.73. The molecule has 0 aromatic rings. The number of ketones is 1. The number of hydrogen-bond donors (Lipinski definition) is 3. The molecule has 3 N–H and O–H groups in total. The molecule has 4 nitrogen and oxygen atoms in total. The number of fused-ring (bicyclic) bond motifs is 5. The Morgan fingerprint density at radius 3 is 2.65 bits per heavy atom. The molecular weight excluding hydrogens is 386 g/mol. The molecular formula is C27H43NO3. The van der Waals surface area contributed by atoms with E-state index in [2.05, 4.69) is 33.0 Å². The van der Waals surface area contributed by atoms with Crippen LogP contribution in [0, 0.1) is 46.8 Å². The molecule has 3 saturated carbocycles. The van der Waals surface area contributed by atoms with Crippen LogP contribution < -0.4 is 5.32 Å². The topological polar surface area (TPSA) is 69.6 Å². The Balaban J connectivity index is 1.40. The third-order valence-electron chi connectivity index (χ3n) is 10.7. The largest absolute Gasteiger partial charge is 0.393 e. The summed E-state index contributed by atoms with van der Waals surface area (Å²) >= 11 is 0. The Bertz CT molecular complexity index is 762. The lowest BCUT2D eigenvalue weighted by Gasteiger charge is -2.52. The van der Waals surface area contributed by atoms with Gasteiger partial charge >= 0.3 is 0 Å². The van der Waals surface area contributed by atoms with Gasteiger partial charge in [-0.3, -0.25) is 4.79 Å². The van der Waals surface area contributed by atoms with E-state index in [1.54, 1.807) is 11.1 Å². The van der Waals surface area contributed by atoms with Gasteiger partial charge in [0.15, 0.2) is 0 Å². The smallest absolute Gasteiger partial charge is 0.136 e. The highest BCUT2D eigenvalue weighted by molar-refractivity contribution is 5.83. The van der Waals surface area contributed by atoms with E-state index >= 15 is 0 Å². The van der Waals surface area contributed by atoms with Gasteiger partial charge in [-0.25, -0.2) is 0 Å². The minimum atomic E-state index is -0.287. The van der Waals surface area contributed by atoms with Crippen molar-refractivity contribution in [2.24, 2.45) is 46.8 Å². The Labute approximate surface area is 188 Å². The number of carbonyl (C=O) groups excluding carboxylic acids is 1. The first kappa shape index (κ1) is 22.1. The molecule has 0 aromatic heterocycles. The SMILES string of the molecule is CC1=C2C[C@H]3[C@@H](CC(=O)[C@H]4C[C@@H](O)CC[C@@]43C)[C@@H]2CC[C@H]1[C@H](C)[C@@H]1NC[C@@H](C)C[C@@H]1O. The van der Waals surface area contributed by atoms with Crippen molar-refractivity contribution in [3.8, 4) is 0 Å². The van der Waals surface area contributed by atoms with Gasteiger partial charge in [0.2, 0.25) is 0 Å². The van der Waals surface area contributed by atoms with Crippen LogP contribution in [0.4, 0.5) is 0 Å². The fraction of sp³-hybridized carbons (Fsp3) is 0.889. The number of aliphatic hydroxyl groups is 2. The number of Topliss-reactive ketones (excluding diaryl/α,β-unsaturated/α-hetero) is 1. The van der Waals surface area contributed by atoms with Crippen LogP contribution >= 0.6 is 0 Å². The first-order valence-electron chi connectivity index (χ1n) is 13.0. The molecule has 11 atom stereocenters. The Kier molecular flexibility index (Phi) is 5.67. The average Bonchev–Trinajstić information content (AvgIpc) is 3.10. The Hall–Kier alpha value is -0.710. The molecule has 1 aliphatic heterocycles. The summed E-state index contributed by atoms with van der Waals surface area (Å²) in [6.45, 7) is 10.3. The molecule has 0 aromatic carbocycles. The summed E-state index contributed by atoms with van der Waals surface area (Å²) in [6, 6.07) is 0.195. The molecule has 1 heterocycles. The first-order valence-corrected chi connectivity index (χ1v) is 13.0. The van der Waals surface area contributed by atoms with Crippen molar-refractivity contribution >= 4 is 5.78 Å². The molecule has 0 spiro atoms. The minimum Gasteiger partial charge on any atom is -0.393 e. The number of carbonyl (C=O) groups is 1. The third-order valence-corrected chi connectivity index (χ3v) is 10.7. The lowest BCUT2D eigenvalue weighted by Crippen LogP contribution is -2.53. The monoisotopic (exact) mass is 429 g/mol. The third kappa shape index (κ3) is 3.47. The van der Waals surface area contributed by atoms with Crippen molar-refractivity contribution < 1.29 is 15.0 Å². The van der Waals surface area contributed by atoms with E-state index in [-0.39, 0.29) is 29.6 Å². The van der Waals surface area contributed by atoms with Crippen LogP contribution in [0.25, 0.3) is 0 Å². The van der Waals surface area contributed by atoms with Gasteiger partial charge in [0, 0.05) is 18.4 Å². The predicted molar refractivity (Wildman–Crippen MR) is 122 cm³/mol. The number of nitrogens with one attached hydrogen (secondary N) is 1. The van der Waals surface area contributed by atoms with E-state index in [0.29, 0.717) is 47.7 Å². The van der Waals surface area contributed by atoms with E-state index in [4.69, 9.17) is 0 Å². The lowest BCUT2D eigenvalue weighted by molar-refractivity contribution is -0.145. The molecule has 4 heteroatoms. The lowest BCUT2D eigenvalue weighted by atomic mass is 9.51. The van der Waals surface area contributed by atoms with Crippen LogP contribution in [-0.2, 0) is 4.79 Å². The minimum absolute atomic E-state index is 0.0665. The maximum Gasteiger partial charge on any atom is 0.136 e. The van der Waals surface area contributed by atoms with Crippen molar-refractivity contribution in [2.45, 2.75) is 97.3 Å². The Morgan fingerprint density at radius 2 is 1.90 bits per heavy atom. The summed E-state index contributed by atoms with van der Waals surface area (Å²) in [5, 5.41) is 24.7. The zero-order valence-electron chi connectivity index (χ0n) is 19.9. The zero-order valence-corrected chi connectivity index (χ0v) is 19.9. The fourth-order valence-corrected chi connectivity index (χ4v) is 8.93. The van der Waals surface area contributed by atoms with E-state index in [0.717, 1.165) is 32.2 Å². The van der Waals surface area contributed by atoms with Gasteiger partial charge in [-0.15, -0.1) is 0 Å². The number of aliphatic hydroxyl groups excluding tert-OH is 2. The predicted octanol–water partition coefficient (Wildman–Crippen LogP) is 4.10. The first-order chi connectivity index (χ1) is 14.7. The second kappa shape index (κ2) is 7.95. The molecule has 31 heavy (non-hydrogen) atoms. The van der Waals surface area contributed by atoms with E-state index in [1.165, 1.54) is 19.3 Å². The molecule has 0 amide bonds. The van der Waals surface area contributed by atoms with E-state index < -0.39 is 0 Å². The molecule has 0 radical (unpaired) electrons. The highest BCUT2D eigenvalue weighted by Gasteiger charge is 2.59. The van der Waals surface area contributed by atoms with Gasteiger partial charge < -0.3 is 15.5 Å². The molecule has 5 aliphatic rings. The van der Waals surface area contributed by atoms with E-state index in [9.17, 15) is 15.0 Å². The molecule has 4 fully saturated rings. The van der Waals surface area contributed by atoms with Crippen LogP contribution in [0.5, 0.6) is 0 Å². The molecule has 1 saturated heterocycles. The van der Waals surface area contributed by atoms with Gasteiger partial charge in [0.05, 0.1) is 12.2 Å². The molecule has 4 aliphatic carbocycles. The molecule has 5 rings (SSSR count). The highest BCUT2D eigenvalue weighted by Crippen LogP contribution is 2.64. The van der Waals surface area contributed by atoms with Crippen molar-refractivity contribution in [2.75, 3.05) is 6.54 Å². The molecule has 0 unspecified atom stereocenters.